The number of rotatable bonds is 5. The molecule has 0 unspecified atom stereocenters. The fourth-order valence-electron chi connectivity index (χ4n) is 2.72. The zero-order valence-electron chi connectivity index (χ0n) is 15.9. The maximum atomic E-state index is 11.2. The van der Waals surface area contributed by atoms with E-state index in [1.54, 1.807) is 12.3 Å². The van der Waals surface area contributed by atoms with Gasteiger partial charge in [-0.2, -0.15) is 5.10 Å². The summed E-state index contributed by atoms with van der Waals surface area (Å²) in [6.45, 7) is 7.78. The maximum Gasteiger partial charge on any atom is 0.222 e. The van der Waals surface area contributed by atoms with Crippen molar-refractivity contribution in [3.05, 3.63) is 59.2 Å². The largest absolute Gasteiger partial charge is 0.311 e. The number of nitrogens with one attached hydrogen (secondary N) is 2. The molecule has 2 aromatic heterocycles. The SMILES string of the molecule is CC(=O)Nc1ccc2c(C)cc(N/N=C/c3ccc(C(C)C)cc3)nc2n1. The van der Waals surface area contributed by atoms with E-state index in [1.165, 1.54) is 12.5 Å². The van der Waals surface area contributed by atoms with Gasteiger partial charge < -0.3 is 5.32 Å². The maximum absolute atomic E-state index is 11.2. The summed E-state index contributed by atoms with van der Waals surface area (Å²) < 4.78 is 0. The second-order valence-corrected chi connectivity index (χ2v) is 6.76. The number of aromatic nitrogens is 2. The zero-order valence-corrected chi connectivity index (χ0v) is 15.9. The molecule has 0 aliphatic heterocycles. The van der Waals surface area contributed by atoms with E-state index in [4.69, 9.17) is 0 Å². The van der Waals surface area contributed by atoms with Crippen molar-refractivity contribution in [2.24, 2.45) is 5.10 Å². The Balaban J connectivity index is 1.78. The van der Waals surface area contributed by atoms with Gasteiger partial charge in [-0.15, -0.1) is 0 Å². The minimum Gasteiger partial charge on any atom is -0.311 e. The van der Waals surface area contributed by atoms with Crippen LogP contribution in [-0.4, -0.2) is 22.1 Å². The molecule has 6 heteroatoms. The monoisotopic (exact) mass is 361 g/mol. The van der Waals surface area contributed by atoms with E-state index in [2.05, 4.69) is 51.8 Å². The number of nitrogens with zero attached hydrogens (tertiary/aromatic N) is 3. The van der Waals surface area contributed by atoms with Crippen LogP contribution in [-0.2, 0) is 4.79 Å². The van der Waals surface area contributed by atoms with Crippen LogP contribution >= 0.6 is 0 Å². The van der Waals surface area contributed by atoms with Gasteiger partial charge in [0.2, 0.25) is 5.91 Å². The van der Waals surface area contributed by atoms with Gasteiger partial charge in [-0.1, -0.05) is 38.1 Å². The molecule has 2 N–H and O–H groups in total. The molecule has 0 aliphatic carbocycles. The van der Waals surface area contributed by atoms with Crippen LogP contribution in [0, 0.1) is 6.92 Å². The van der Waals surface area contributed by atoms with Crippen molar-refractivity contribution in [2.45, 2.75) is 33.6 Å². The Hall–Kier alpha value is -3.28. The lowest BCUT2D eigenvalue weighted by molar-refractivity contribution is -0.114. The third kappa shape index (κ3) is 4.67. The van der Waals surface area contributed by atoms with Crippen molar-refractivity contribution in [1.82, 2.24) is 9.97 Å². The topological polar surface area (TPSA) is 79.3 Å². The van der Waals surface area contributed by atoms with Crippen LogP contribution < -0.4 is 10.7 Å². The summed E-state index contributed by atoms with van der Waals surface area (Å²) in [7, 11) is 0. The lowest BCUT2D eigenvalue weighted by atomic mass is 10.0. The number of aryl methyl sites for hydroxylation is 1. The number of hydrogen-bond acceptors (Lipinski definition) is 5. The molecule has 3 aromatic rings. The number of carbonyl (C=O) groups is 1. The van der Waals surface area contributed by atoms with Crippen molar-refractivity contribution in [3.8, 4) is 0 Å². The Kier molecular flexibility index (Phi) is 5.45. The average molecular weight is 361 g/mol. The van der Waals surface area contributed by atoms with Gasteiger partial charge in [-0.3, -0.25) is 10.2 Å². The third-order valence-electron chi connectivity index (χ3n) is 4.18. The molecule has 138 valence electrons. The summed E-state index contributed by atoms with van der Waals surface area (Å²) in [6.07, 6.45) is 1.76. The Morgan fingerprint density at radius 1 is 1.07 bits per heavy atom. The second-order valence-electron chi connectivity index (χ2n) is 6.76. The standard InChI is InChI=1S/C21H23N5O/c1-13(2)17-7-5-16(6-8-17)12-22-26-20-11-14(3)18-9-10-19(23-15(4)27)24-21(18)25-20/h5-13H,1-4H3,(H2,23,24,25,26,27)/b22-12+. The molecule has 1 aromatic carbocycles. The van der Waals surface area contributed by atoms with E-state index < -0.39 is 0 Å². The molecule has 0 aliphatic rings. The highest BCUT2D eigenvalue weighted by molar-refractivity contribution is 5.90. The molecule has 2 heterocycles. The van der Waals surface area contributed by atoms with E-state index >= 15 is 0 Å². The number of anilines is 2. The number of hydrazone groups is 1. The minimum atomic E-state index is -0.166. The normalized spacial score (nSPS) is 11.3. The van der Waals surface area contributed by atoms with E-state index in [9.17, 15) is 4.79 Å². The summed E-state index contributed by atoms with van der Waals surface area (Å²) in [4.78, 5) is 20.1. The Morgan fingerprint density at radius 3 is 2.44 bits per heavy atom. The van der Waals surface area contributed by atoms with Crippen molar-refractivity contribution in [2.75, 3.05) is 10.7 Å². The van der Waals surface area contributed by atoms with Gasteiger partial charge in [-0.25, -0.2) is 9.97 Å². The molecule has 3 rings (SSSR count). The van der Waals surface area contributed by atoms with Crippen LogP contribution in [0.25, 0.3) is 11.0 Å². The molecule has 27 heavy (non-hydrogen) atoms. The zero-order chi connectivity index (χ0) is 19.4. The van der Waals surface area contributed by atoms with Gasteiger partial charge in [0.05, 0.1) is 6.21 Å². The smallest absolute Gasteiger partial charge is 0.222 e. The fourth-order valence-corrected chi connectivity index (χ4v) is 2.72. The van der Waals surface area contributed by atoms with Gasteiger partial charge in [0.25, 0.3) is 0 Å². The predicted molar refractivity (Wildman–Crippen MR) is 110 cm³/mol. The second kappa shape index (κ2) is 7.95. The molecular formula is C21H23N5O. The van der Waals surface area contributed by atoms with Crippen molar-refractivity contribution < 1.29 is 4.79 Å². The van der Waals surface area contributed by atoms with E-state index in [0.717, 1.165) is 16.5 Å². The molecule has 0 saturated carbocycles. The number of carbonyl (C=O) groups excluding carboxylic acids is 1. The van der Waals surface area contributed by atoms with E-state index in [0.29, 0.717) is 23.2 Å². The summed E-state index contributed by atoms with van der Waals surface area (Å²) in [5.74, 6) is 1.42. The molecule has 0 spiro atoms. The summed E-state index contributed by atoms with van der Waals surface area (Å²) in [6, 6.07) is 13.9. The van der Waals surface area contributed by atoms with Crippen LogP contribution in [0.5, 0.6) is 0 Å². The van der Waals surface area contributed by atoms with E-state index in [-0.39, 0.29) is 5.91 Å². The quantitative estimate of drug-likeness (QED) is 0.519. The molecule has 0 radical (unpaired) electrons. The van der Waals surface area contributed by atoms with Gasteiger partial charge in [0, 0.05) is 12.3 Å². The number of benzene rings is 1. The first-order valence-electron chi connectivity index (χ1n) is 8.87. The van der Waals surface area contributed by atoms with Gasteiger partial charge >= 0.3 is 0 Å². The number of fused-ring (bicyclic) bond motifs is 1. The number of hydrogen-bond donors (Lipinski definition) is 2. The van der Waals surface area contributed by atoms with Crippen molar-refractivity contribution in [1.29, 1.82) is 0 Å². The first kappa shape index (κ1) is 18.5. The lowest BCUT2D eigenvalue weighted by Crippen LogP contribution is -2.07. The summed E-state index contributed by atoms with van der Waals surface area (Å²) >= 11 is 0. The molecular weight excluding hydrogens is 338 g/mol. The van der Waals surface area contributed by atoms with Crippen LogP contribution in [0.2, 0.25) is 0 Å². The van der Waals surface area contributed by atoms with Crippen LogP contribution in [0.15, 0.2) is 47.6 Å². The molecule has 0 fully saturated rings. The Morgan fingerprint density at radius 2 is 1.78 bits per heavy atom. The third-order valence-corrected chi connectivity index (χ3v) is 4.18. The summed E-state index contributed by atoms with van der Waals surface area (Å²) in [5.41, 5.74) is 6.85. The Bertz CT molecular complexity index is 993. The molecule has 0 atom stereocenters. The highest BCUT2D eigenvalue weighted by Gasteiger charge is 2.06. The lowest BCUT2D eigenvalue weighted by Gasteiger charge is -2.07. The van der Waals surface area contributed by atoms with Crippen molar-refractivity contribution >= 4 is 34.8 Å². The molecule has 0 bridgehead atoms. The minimum absolute atomic E-state index is 0.166. The predicted octanol–water partition coefficient (Wildman–Crippen LogP) is 4.47. The van der Waals surface area contributed by atoms with Gasteiger partial charge in [0.1, 0.15) is 11.6 Å². The summed E-state index contributed by atoms with van der Waals surface area (Å²) in [5, 5.41) is 7.88. The first-order chi connectivity index (χ1) is 12.9. The highest BCUT2D eigenvalue weighted by Crippen LogP contribution is 2.21. The van der Waals surface area contributed by atoms with Crippen LogP contribution in [0.3, 0.4) is 0 Å². The van der Waals surface area contributed by atoms with Crippen LogP contribution in [0.4, 0.5) is 11.6 Å². The van der Waals surface area contributed by atoms with Gasteiger partial charge in [-0.05, 0) is 47.7 Å². The van der Waals surface area contributed by atoms with Gasteiger partial charge in [0.15, 0.2) is 5.65 Å². The Labute approximate surface area is 158 Å². The first-order valence-corrected chi connectivity index (χ1v) is 8.87. The van der Waals surface area contributed by atoms with Crippen molar-refractivity contribution in [3.63, 3.8) is 0 Å². The average Bonchev–Trinajstić information content (AvgIpc) is 2.61. The van der Waals surface area contributed by atoms with Crippen LogP contribution in [0.1, 0.15) is 43.4 Å². The molecule has 1 amide bonds. The number of amides is 1. The fraction of sp³-hybridized carbons (Fsp3) is 0.238. The highest BCUT2D eigenvalue weighted by atomic mass is 16.1. The van der Waals surface area contributed by atoms with E-state index in [1.807, 2.05) is 31.2 Å². The number of pyridine rings is 2. The molecule has 6 nitrogen and oxygen atoms in total. The molecule has 0 saturated heterocycles.